The smallest absolute Gasteiger partial charge is 0.162 e. The quantitative estimate of drug-likeness (QED) is 0.774. The highest BCUT2D eigenvalue weighted by Gasteiger charge is 2.20. The van der Waals surface area contributed by atoms with Crippen LogP contribution in [0.15, 0.2) is 30.5 Å². The molecule has 4 rings (SSSR count). The monoisotopic (exact) mass is 356 g/mol. The van der Waals surface area contributed by atoms with Crippen LogP contribution in [0.3, 0.4) is 0 Å². The first-order valence-corrected chi connectivity index (χ1v) is 9.78. The number of hydrogen-bond donors (Lipinski definition) is 0. The molecule has 1 aliphatic carbocycles. The number of rotatable bonds is 6. The van der Waals surface area contributed by atoms with Crippen LogP contribution in [-0.4, -0.2) is 36.2 Å². The average molecular weight is 356 g/mol. The van der Waals surface area contributed by atoms with E-state index in [0.717, 1.165) is 48.2 Å². The van der Waals surface area contributed by atoms with Crippen LogP contribution in [0.5, 0.6) is 11.5 Å². The molecule has 0 spiro atoms. The van der Waals surface area contributed by atoms with Crippen molar-refractivity contribution >= 4 is 0 Å². The maximum atomic E-state index is 6.10. The highest BCUT2D eigenvalue weighted by atomic mass is 16.6. The molecule has 2 aromatic rings. The van der Waals surface area contributed by atoms with Gasteiger partial charge in [-0.05, 0) is 43.0 Å². The van der Waals surface area contributed by atoms with Gasteiger partial charge in [-0.1, -0.05) is 19.3 Å². The third kappa shape index (κ3) is 4.04. The SMILES string of the molecule is COc1ccc(-c2ccn(CC3CCCCC3)n2)cc1O[C@@H]1CCOC1. The van der Waals surface area contributed by atoms with Gasteiger partial charge in [0.15, 0.2) is 11.5 Å². The lowest BCUT2D eigenvalue weighted by atomic mass is 9.89. The summed E-state index contributed by atoms with van der Waals surface area (Å²) < 4.78 is 19.1. The molecule has 1 atom stereocenters. The predicted octanol–water partition coefficient (Wildman–Crippen LogP) is 4.31. The molecule has 1 aliphatic heterocycles. The summed E-state index contributed by atoms with van der Waals surface area (Å²) in [5.74, 6) is 2.29. The van der Waals surface area contributed by atoms with Gasteiger partial charge in [0.2, 0.25) is 0 Å². The van der Waals surface area contributed by atoms with Gasteiger partial charge in [-0.25, -0.2) is 0 Å². The van der Waals surface area contributed by atoms with Crippen LogP contribution in [-0.2, 0) is 11.3 Å². The Morgan fingerprint density at radius 3 is 2.77 bits per heavy atom. The lowest BCUT2D eigenvalue weighted by molar-refractivity contribution is 0.138. The van der Waals surface area contributed by atoms with E-state index in [-0.39, 0.29) is 6.10 Å². The summed E-state index contributed by atoms with van der Waals surface area (Å²) in [6, 6.07) is 8.13. The molecule has 2 heterocycles. The van der Waals surface area contributed by atoms with E-state index in [0.29, 0.717) is 6.61 Å². The lowest BCUT2D eigenvalue weighted by Gasteiger charge is -2.21. The fraction of sp³-hybridized carbons (Fsp3) is 0.571. The molecule has 1 saturated carbocycles. The molecular formula is C21H28N2O3. The zero-order valence-corrected chi connectivity index (χ0v) is 15.5. The van der Waals surface area contributed by atoms with Crippen molar-refractivity contribution in [2.24, 2.45) is 5.92 Å². The number of benzene rings is 1. The molecule has 5 nitrogen and oxygen atoms in total. The van der Waals surface area contributed by atoms with Crippen molar-refractivity contribution < 1.29 is 14.2 Å². The van der Waals surface area contributed by atoms with E-state index in [9.17, 15) is 0 Å². The highest BCUT2D eigenvalue weighted by molar-refractivity contribution is 5.63. The van der Waals surface area contributed by atoms with Gasteiger partial charge < -0.3 is 14.2 Å². The molecule has 1 aromatic carbocycles. The minimum absolute atomic E-state index is 0.100. The first-order valence-electron chi connectivity index (χ1n) is 9.78. The van der Waals surface area contributed by atoms with Crippen LogP contribution < -0.4 is 9.47 Å². The Kier molecular flexibility index (Phi) is 5.44. The van der Waals surface area contributed by atoms with Crippen LogP contribution in [0.1, 0.15) is 38.5 Å². The standard InChI is InChI=1S/C21H28N2O3/c1-24-20-8-7-17(13-21(20)26-18-10-12-25-15-18)19-9-11-23(22-19)14-16-5-3-2-4-6-16/h7-9,11,13,16,18H,2-6,10,12,14-15H2,1H3/t18-/m1/s1. The molecule has 0 bridgehead atoms. The Balaban J connectivity index is 1.49. The molecule has 140 valence electrons. The van der Waals surface area contributed by atoms with Crippen molar-refractivity contribution in [1.29, 1.82) is 0 Å². The van der Waals surface area contributed by atoms with Gasteiger partial charge in [-0.3, -0.25) is 4.68 Å². The van der Waals surface area contributed by atoms with Crippen LogP contribution >= 0.6 is 0 Å². The summed E-state index contributed by atoms with van der Waals surface area (Å²) in [6.07, 6.45) is 9.90. The minimum atomic E-state index is 0.100. The fourth-order valence-electron chi connectivity index (χ4n) is 3.97. The Bertz CT molecular complexity index is 716. The molecule has 2 aliphatic rings. The number of nitrogens with zero attached hydrogens (tertiary/aromatic N) is 2. The largest absolute Gasteiger partial charge is 0.493 e. The van der Waals surface area contributed by atoms with Gasteiger partial charge in [-0.2, -0.15) is 5.10 Å². The number of aromatic nitrogens is 2. The molecule has 2 fully saturated rings. The van der Waals surface area contributed by atoms with Crippen LogP contribution in [0, 0.1) is 5.92 Å². The Labute approximate surface area is 155 Å². The first kappa shape index (κ1) is 17.4. The second-order valence-electron chi connectivity index (χ2n) is 7.40. The van der Waals surface area contributed by atoms with Crippen molar-refractivity contribution in [3.8, 4) is 22.8 Å². The molecule has 0 unspecified atom stereocenters. The summed E-state index contributed by atoms with van der Waals surface area (Å²) in [4.78, 5) is 0. The van der Waals surface area contributed by atoms with E-state index in [1.165, 1.54) is 32.1 Å². The first-order chi connectivity index (χ1) is 12.8. The topological polar surface area (TPSA) is 45.5 Å². The minimum Gasteiger partial charge on any atom is -0.493 e. The number of hydrogen-bond acceptors (Lipinski definition) is 4. The summed E-state index contributed by atoms with van der Waals surface area (Å²) in [5.41, 5.74) is 2.04. The van der Waals surface area contributed by atoms with Gasteiger partial charge in [0.1, 0.15) is 6.10 Å². The van der Waals surface area contributed by atoms with Crippen LogP contribution in [0.4, 0.5) is 0 Å². The fourth-order valence-corrected chi connectivity index (χ4v) is 3.97. The predicted molar refractivity (Wildman–Crippen MR) is 101 cm³/mol. The Morgan fingerprint density at radius 1 is 1.12 bits per heavy atom. The zero-order valence-electron chi connectivity index (χ0n) is 15.5. The molecule has 0 radical (unpaired) electrons. The molecule has 5 heteroatoms. The van der Waals surface area contributed by atoms with Crippen LogP contribution in [0.25, 0.3) is 11.3 Å². The van der Waals surface area contributed by atoms with Crippen molar-refractivity contribution in [2.45, 2.75) is 51.2 Å². The normalized spacial score (nSPS) is 21.0. The zero-order chi connectivity index (χ0) is 17.8. The van der Waals surface area contributed by atoms with Crippen LogP contribution in [0.2, 0.25) is 0 Å². The second-order valence-corrected chi connectivity index (χ2v) is 7.40. The maximum Gasteiger partial charge on any atom is 0.162 e. The Hall–Kier alpha value is -2.01. The summed E-state index contributed by atoms with van der Waals surface area (Å²) in [7, 11) is 1.67. The molecule has 1 aromatic heterocycles. The Morgan fingerprint density at radius 2 is 2.00 bits per heavy atom. The van der Waals surface area contributed by atoms with E-state index < -0.39 is 0 Å². The van der Waals surface area contributed by atoms with E-state index in [4.69, 9.17) is 19.3 Å². The summed E-state index contributed by atoms with van der Waals surface area (Å²) in [5, 5.41) is 4.80. The number of ether oxygens (including phenoxy) is 3. The molecule has 0 N–H and O–H groups in total. The van der Waals surface area contributed by atoms with E-state index in [1.54, 1.807) is 7.11 Å². The molecule has 1 saturated heterocycles. The van der Waals surface area contributed by atoms with Crippen molar-refractivity contribution in [1.82, 2.24) is 9.78 Å². The maximum absolute atomic E-state index is 6.10. The van der Waals surface area contributed by atoms with Crippen molar-refractivity contribution in [3.05, 3.63) is 30.5 Å². The molecular weight excluding hydrogens is 328 g/mol. The highest BCUT2D eigenvalue weighted by Crippen LogP contribution is 2.34. The van der Waals surface area contributed by atoms with Gasteiger partial charge in [0.05, 0.1) is 26.0 Å². The lowest BCUT2D eigenvalue weighted by Crippen LogP contribution is -2.16. The average Bonchev–Trinajstić information content (AvgIpc) is 3.35. The summed E-state index contributed by atoms with van der Waals surface area (Å²) in [6.45, 7) is 2.43. The number of methoxy groups -OCH3 is 1. The van der Waals surface area contributed by atoms with Gasteiger partial charge >= 0.3 is 0 Å². The molecule has 0 amide bonds. The van der Waals surface area contributed by atoms with E-state index >= 15 is 0 Å². The second kappa shape index (κ2) is 8.12. The summed E-state index contributed by atoms with van der Waals surface area (Å²) >= 11 is 0. The van der Waals surface area contributed by atoms with Gasteiger partial charge in [0.25, 0.3) is 0 Å². The van der Waals surface area contributed by atoms with Crippen molar-refractivity contribution in [2.75, 3.05) is 20.3 Å². The third-order valence-corrected chi connectivity index (χ3v) is 5.45. The van der Waals surface area contributed by atoms with Crippen molar-refractivity contribution in [3.63, 3.8) is 0 Å². The molecule has 26 heavy (non-hydrogen) atoms. The van der Waals surface area contributed by atoms with Gasteiger partial charge in [-0.15, -0.1) is 0 Å². The van der Waals surface area contributed by atoms with Gasteiger partial charge in [0, 0.05) is 24.7 Å². The third-order valence-electron chi connectivity index (χ3n) is 5.45. The van der Waals surface area contributed by atoms with E-state index in [2.05, 4.69) is 16.9 Å². The van der Waals surface area contributed by atoms with E-state index in [1.807, 2.05) is 18.2 Å².